The van der Waals surface area contributed by atoms with Crippen LogP contribution in [0.5, 0.6) is 0 Å². The Hall–Kier alpha value is -0.980. The van der Waals surface area contributed by atoms with Crippen LogP contribution in [-0.2, 0) is 6.54 Å². The number of halogens is 1. The first kappa shape index (κ1) is 14.9. The lowest BCUT2D eigenvalue weighted by Crippen LogP contribution is -2.44. The van der Waals surface area contributed by atoms with Crippen LogP contribution in [0.3, 0.4) is 0 Å². The van der Waals surface area contributed by atoms with Gasteiger partial charge in [-0.15, -0.1) is 0 Å². The summed E-state index contributed by atoms with van der Waals surface area (Å²) >= 11 is 3.35. The van der Waals surface area contributed by atoms with Gasteiger partial charge in [-0.2, -0.15) is 0 Å². The molecule has 0 aliphatic carbocycles. The van der Waals surface area contributed by atoms with Gasteiger partial charge >= 0.3 is 0 Å². The van der Waals surface area contributed by atoms with E-state index in [4.69, 9.17) is 0 Å². The van der Waals surface area contributed by atoms with Gasteiger partial charge in [0.2, 0.25) is 0 Å². The molecule has 6 heteroatoms. The van der Waals surface area contributed by atoms with Gasteiger partial charge in [0.15, 0.2) is 0 Å². The molecule has 0 spiro atoms. The third-order valence-corrected chi connectivity index (χ3v) is 5.04. The molecule has 2 fully saturated rings. The van der Waals surface area contributed by atoms with Crippen molar-refractivity contribution in [3.63, 3.8) is 0 Å². The van der Waals surface area contributed by atoms with E-state index in [0.29, 0.717) is 18.6 Å². The number of benzene rings is 1. The zero-order chi connectivity index (χ0) is 14.8. The zero-order valence-electron chi connectivity index (χ0n) is 11.9. The van der Waals surface area contributed by atoms with Crippen LogP contribution in [-0.4, -0.2) is 35.0 Å². The number of nitro groups is 1. The molecule has 21 heavy (non-hydrogen) atoms. The molecule has 2 atom stereocenters. The molecule has 0 amide bonds. The van der Waals surface area contributed by atoms with Crippen molar-refractivity contribution in [1.82, 2.24) is 10.2 Å². The summed E-state index contributed by atoms with van der Waals surface area (Å²) < 4.78 is 0.763. The van der Waals surface area contributed by atoms with Gasteiger partial charge in [-0.25, -0.2) is 0 Å². The Labute approximate surface area is 133 Å². The van der Waals surface area contributed by atoms with Gasteiger partial charge in [-0.05, 0) is 37.4 Å². The van der Waals surface area contributed by atoms with Gasteiger partial charge < -0.3 is 5.32 Å². The van der Waals surface area contributed by atoms with Crippen molar-refractivity contribution in [2.24, 2.45) is 0 Å². The lowest BCUT2D eigenvalue weighted by Gasteiger charge is -2.32. The van der Waals surface area contributed by atoms with Crippen LogP contribution in [0.2, 0.25) is 0 Å². The molecule has 3 rings (SSSR count). The number of fused-ring (bicyclic) bond motifs is 1. The molecule has 1 aromatic rings. The van der Waals surface area contributed by atoms with Gasteiger partial charge in [-0.1, -0.05) is 22.4 Å². The maximum Gasteiger partial charge on any atom is 0.270 e. The summed E-state index contributed by atoms with van der Waals surface area (Å²) in [7, 11) is 0. The molecular formula is C15H20BrN3O2. The first-order valence-corrected chi connectivity index (χ1v) is 8.34. The number of nitro benzene ring substituents is 1. The Morgan fingerprint density at radius 3 is 2.95 bits per heavy atom. The number of nitrogens with one attached hydrogen (secondary N) is 1. The van der Waals surface area contributed by atoms with Gasteiger partial charge in [0, 0.05) is 41.8 Å². The Bertz CT molecular complexity index is 538. The van der Waals surface area contributed by atoms with Crippen molar-refractivity contribution in [3.8, 4) is 0 Å². The summed E-state index contributed by atoms with van der Waals surface area (Å²) in [5.74, 6) is 0. The van der Waals surface area contributed by atoms with Crippen LogP contribution < -0.4 is 5.32 Å². The number of piperidine rings is 1. The second-order valence-corrected chi connectivity index (χ2v) is 6.87. The highest BCUT2D eigenvalue weighted by atomic mass is 79.9. The summed E-state index contributed by atoms with van der Waals surface area (Å²) in [4.78, 5) is 13.2. The highest BCUT2D eigenvalue weighted by Gasteiger charge is 2.34. The molecule has 1 N–H and O–H groups in total. The molecular weight excluding hydrogens is 334 g/mol. The SMILES string of the molecule is O=[N+]([O-])c1cc(Br)cc(CNC2CCN3CCCCC23)c1. The molecule has 2 unspecified atom stereocenters. The fourth-order valence-electron chi connectivity index (χ4n) is 3.58. The molecule has 1 aromatic carbocycles. The Balaban J connectivity index is 1.64. The molecule has 114 valence electrons. The van der Waals surface area contributed by atoms with Crippen LogP contribution >= 0.6 is 15.9 Å². The fourth-order valence-corrected chi connectivity index (χ4v) is 4.10. The van der Waals surface area contributed by atoms with E-state index < -0.39 is 0 Å². The van der Waals surface area contributed by atoms with Gasteiger partial charge in [0.05, 0.1) is 4.92 Å². The molecule has 0 radical (unpaired) electrons. The Kier molecular flexibility index (Phi) is 4.57. The monoisotopic (exact) mass is 353 g/mol. The summed E-state index contributed by atoms with van der Waals surface area (Å²) in [5.41, 5.74) is 1.11. The molecule has 0 aromatic heterocycles. The van der Waals surface area contributed by atoms with Crippen molar-refractivity contribution in [3.05, 3.63) is 38.3 Å². The number of hydrogen-bond acceptors (Lipinski definition) is 4. The summed E-state index contributed by atoms with van der Waals surface area (Å²) in [5, 5.41) is 14.5. The third-order valence-electron chi connectivity index (χ3n) is 4.58. The maximum absolute atomic E-state index is 10.9. The average Bonchev–Trinajstić information content (AvgIpc) is 2.88. The van der Waals surface area contributed by atoms with Crippen LogP contribution in [0.4, 0.5) is 5.69 Å². The first-order valence-electron chi connectivity index (χ1n) is 7.55. The smallest absolute Gasteiger partial charge is 0.270 e. The zero-order valence-corrected chi connectivity index (χ0v) is 13.5. The van der Waals surface area contributed by atoms with Crippen molar-refractivity contribution in [2.75, 3.05) is 13.1 Å². The predicted molar refractivity (Wildman–Crippen MR) is 85.3 cm³/mol. The van der Waals surface area contributed by atoms with E-state index in [2.05, 4.69) is 26.1 Å². The number of hydrogen-bond donors (Lipinski definition) is 1. The van der Waals surface area contributed by atoms with Crippen LogP contribution in [0.25, 0.3) is 0 Å². The minimum absolute atomic E-state index is 0.145. The average molecular weight is 354 g/mol. The molecule has 2 aliphatic heterocycles. The second-order valence-electron chi connectivity index (χ2n) is 5.95. The summed E-state index contributed by atoms with van der Waals surface area (Å²) in [6.07, 6.45) is 5.10. The summed E-state index contributed by atoms with van der Waals surface area (Å²) in [6, 6.07) is 6.32. The van der Waals surface area contributed by atoms with Crippen LogP contribution in [0, 0.1) is 10.1 Å². The normalized spacial score (nSPS) is 25.8. The van der Waals surface area contributed by atoms with E-state index >= 15 is 0 Å². The summed E-state index contributed by atoms with van der Waals surface area (Å²) in [6.45, 7) is 3.10. The minimum atomic E-state index is -0.341. The molecule has 0 bridgehead atoms. The standard InChI is InChI=1S/C15H20BrN3O2/c16-12-7-11(8-13(9-12)19(20)21)10-17-14-4-6-18-5-2-1-3-15(14)18/h7-9,14-15,17H,1-6,10H2. The number of non-ortho nitro benzene ring substituents is 1. The lowest BCUT2D eigenvalue weighted by molar-refractivity contribution is -0.385. The molecule has 2 aliphatic rings. The van der Waals surface area contributed by atoms with Gasteiger partial charge in [0.25, 0.3) is 5.69 Å². The molecule has 0 saturated carbocycles. The molecule has 2 saturated heterocycles. The lowest BCUT2D eigenvalue weighted by atomic mass is 9.99. The topological polar surface area (TPSA) is 58.4 Å². The van der Waals surface area contributed by atoms with Gasteiger partial charge in [0.1, 0.15) is 0 Å². The fraction of sp³-hybridized carbons (Fsp3) is 0.600. The van der Waals surface area contributed by atoms with Crippen molar-refractivity contribution < 1.29 is 4.92 Å². The van der Waals surface area contributed by atoms with Crippen molar-refractivity contribution >= 4 is 21.6 Å². The van der Waals surface area contributed by atoms with Crippen LogP contribution in [0.1, 0.15) is 31.2 Å². The predicted octanol–water partition coefficient (Wildman–Crippen LogP) is 3.07. The van der Waals surface area contributed by atoms with E-state index in [-0.39, 0.29) is 10.6 Å². The van der Waals surface area contributed by atoms with Crippen molar-refractivity contribution in [1.29, 1.82) is 0 Å². The largest absolute Gasteiger partial charge is 0.308 e. The second kappa shape index (κ2) is 6.42. The Morgan fingerprint density at radius 1 is 1.29 bits per heavy atom. The van der Waals surface area contributed by atoms with Crippen molar-refractivity contribution in [2.45, 2.75) is 44.3 Å². The number of nitrogens with zero attached hydrogens (tertiary/aromatic N) is 2. The quantitative estimate of drug-likeness (QED) is 0.667. The maximum atomic E-state index is 10.9. The number of rotatable bonds is 4. The minimum Gasteiger partial charge on any atom is -0.308 e. The highest BCUT2D eigenvalue weighted by molar-refractivity contribution is 9.10. The Morgan fingerprint density at radius 2 is 2.14 bits per heavy atom. The molecule has 5 nitrogen and oxygen atoms in total. The molecule has 2 heterocycles. The van der Waals surface area contributed by atoms with E-state index in [1.807, 2.05) is 6.07 Å². The first-order chi connectivity index (χ1) is 10.1. The third kappa shape index (κ3) is 3.44. The highest BCUT2D eigenvalue weighted by Crippen LogP contribution is 2.28. The van der Waals surface area contributed by atoms with E-state index in [1.165, 1.54) is 38.8 Å². The van der Waals surface area contributed by atoms with Crippen LogP contribution in [0.15, 0.2) is 22.7 Å². The van der Waals surface area contributed by atoms with E-state index in [9.17, 15) is 10.1 Å². The van der Waals surface area contributed by atoms with E-state index in [1.54, 1.807) is 12.1 Å². The van der Waals surface area contributed by atoms with E-state index in [0.717, 1.165) is 10.0 Å². The van der Waals surface area contributed by atoms with Gasteiger partial charge in [-0.3, -0.25) is 15.0 Å².